The van der Waals surface area contributed by atoms with Crippen molar-refractivity contribution in [2.24, 2.45) is 10.8 Å². The van der Waals surface area contributed by atoms with E-state index in [0.717, 1.165) is 5.57 Å². The predicted octanol–water partition coefficient (Wildman–Crippen LogP) is 5.53. The maximum Gasteiger partial charge on any atom is -0.0132 e. The molecular formula is C16H28. The molecule has 0 heteroatoms. The summed E-state index contributed by atoms with van der Waals surface area (Å²) in [5, 5.41) is 0. The Morgan fingerprint density at radius 1 is 0.812 bits per heavy atom. The Morgan fingerprint density at radius 3 is 1.50 bits per heavy atom. The van der Waals surface area contributed by atoms with Crippen LogP contribution < -0.4 is 0 Å². The van der Waals surface area contributed by atoms with Crippen LogP contribution >= 0.6 is 0 Å². The maximum absolute atomic E-state index is 3.97. The van der Waals surface area contributed by atoms with Gasteiger partial charge in [-0.3, -0.25) is 0 Å². The van der Waals surface area contributed by atoms with Crippen LogP contribution in [0.2, 0.25) is 0 Å². The van der Waals surface area contributed by atoms with Crippen LogP contribution in [-0.4, -0.2) is 0 Å². The van der Waals surface area contributed by atoms with Crippen LogP contribution in [0.25, 0.3) is 0 Å². The van der Waals surface area contributed by atoms with E-state index in [1.165, 1.54) is 11.1 Å². The molecule has 0 saturated carbocycles. The lowest BCUT2D eigenvalue weighted by Gasteiger charge is -2.25. The van der Waals surface area contributed by atoms with Gasteiger partial charge in [0.2, 0.25) is 0 Å². The Balaban J connectivity index is 5.36. The van der Waals surface area contributed by atoms with Gasteiger partial charge in [0.25, 0.3) is 0 Å². The standard InChI is InChI=1S/C16H28/c1-12(2)10-14(16(7,8)9)11-13(3)15(4,5)6/h10-11H,1H2,2-9H3/b13-11+,14-10+. The van der Waals surface area contributed by atoms with E-state index in [0.29, 0.717) is 0 Å². The zero-order valence-electron chi connectivity index (χ0n) is 12.4. The van der Waals surface area contributed by atoms with Gasteiger partial charge in [0.15, 0.2) is 0 Å². The first-order valence-corrected chi connectivity index (χ1v) is 6.01. The summed E-state index contributed by atoms with van der Waals surface area (Å²) >= 11 is 0. The quantitative estimate of drug-likeness (QED) is 0.537. The summed E-state index contributed by atoms with van der Waals surface area (Å²) in [4.78, 5) is 0. The van der Waals surface area contributed by atoms with E-state index in [4.69, 9.17) is 0 Å². The fraction of sp³-hybridized carbons (Fsp3) is 0.625. The van der Waals surface area contributed by atoms with Gasteiger partial charge in [-0.15, -0.1) is 0 Å². The molecule has 16 heavy (non-hydrogen) atoms. The first-order chi connectivity index (χ1) is 6.94. The van der Waals surface area contributed by atoms with Crippen LogP contribution in [0.15, 0.2) is 35.5 Å². The average molecular weight is 220 g/mol. The van der Waals surface area contributed by atoms with E-state index in [1.807, 2.05) is 6.92 Å². The molecule has 0 bridgehead atoms. The second-order valence-electron chi connectivity index (χ2n) is 6.77. The molecule has 0 aromatic carbocycles. The number of hydrogen-bond donors (Lipinski definition) is 0. The Kier molecular flexibility index (Phi) is 4.79. The van der Waals surface area contributed by atoms with Gasteiger partial charge < -0.3 is 0 Å². The minimum atomic E-state index is 0.172. The van der Waals surface area contributed by atoms with Crippen molar-refractivity contribution in [3.8, 4) is 0 Å². The summed E-state index contributed by atoms with van der Waals surface area (Å²) in [6.07, 6.45) is 4.50. The van der Waals surface area contributed by atoms with Crippen molar-refractivity contribution in [3.05, 3.63) is 35.5 Å². The van der Waals surface area contributed by atoms with Gasteiger partial charge in [0.05, 0.1) is 0 Å². The van der Waals surface area contributed by atoms with Gasteiger partial charge in [-0.2, -0.15) is 0 Å². The van der Waals surface area contributed by atoms with E-state index in [-0.39, 0.29) is 10.8 Å². The monoisotopic (exact) mass is 220 g/mol. The fourth-order valence-corrected chi connectivity index (χ4v) is 1.19. The zero-order chi connectivity index (χ0) is 13.1. The molecule has 0 spiro atoms. The highest BCUT2D eigenvalue weighted by atomic mass is 14.2. The Bertz CT molecular complexity index is 311. The molecule has 0 N–H and O–H groups in total. The molecule has 0 saturated heterocycles. The van der Waals surface area contributed by atoms with E-state index in [2.05, 4.69) is 67.2 Å². The third-order valence-corrected chi connectivity index (χ3v) is 2.82. The molecule has 0 heterocycles. The van der Waals surface area contributed by atoms with E-state index in [9.17, 15) is 0 Å². The number of allylic oxidation sites excluding steroid dienone is 5. The smallest absolute Gasteiger partial charge is 0.0132 e. The van der Waals surface area contributed by atoms with Crippen molar-refractivity contribution in [1.82, 2.24) is 0 Å². The third-order valence-electron chi connectivity index (χ3n) is 2.82. The second kappa shape index (κ2) is 5.03. The molecule has 0 aromatic rings. The third kappa shape index (κ3) is 5.34. The highest BCUT2D eigenvalue weighted by Crippen LogP contribution is 2.32. The molecule has 0 aromatic heterocycles. The van der Waals surface area contributed by atoms with Crippen molar-refractivity contribution < 1.29 is 0 Å². The first kappa shape index (κ1) is 15.2. The largest absolute Gasteiger partial charge is 0.0961 e. The Morgan fingerprint density at radius 2 is 1.25 bits per heavy atom. The lowest BCUT2D eigenvalue weighted by atomic mass is 9.80. The molecule has 0 rings (SSSR count). The van der Waals surface area contributed by atoms with Gasteiger partial charge in [-0.25, -0.2) is 0 Å². The molecule has 0 atom stereocenters. The predicted molar refractivity (Wildman–Crippen MR) is 75.6 cm³/mol. The number of rotatable bonds is 2. The summed E-state index contributed by atoms with van der Waals surface area (Å²) < 4.78 is 0. The fourth-order valence-electron chi connectivity index (χ4n) is 1.19. The molecular weight excluding hydrogens is 192 g/mol. The molecule has 0 aliphatic rings. The van der Waals surface area contributed by atoms with E-state index < -0.39 is 0 Å². The summed E-state index contributed by atoms with van der Waals surface area (Å²) in [6.45, 7) is 21.7. The highest BCUT2D eigenvalue weighted by molar-refractivity contribution is 5.34. The Labute approximate surface area is 102 Å². The lowest BCUT2D eigenvalue weighted by Crippen LogP contribution is -2.12. The summed E-state index contributed by atoms with van der Waals surface area (Å²) in [7, 11) is 0. The van der Waals surface area contributed by atoms with Crippen molar-refractivity contribution in [2.75, 3.05) is 0 Å². The van der Waals surface area contributed by atoms with Gasteiger partial charge in [-0.1, -0.05) is 71.4 Å². The first-order valence-electron chi connectivity index (χ1n) is 6.01. The Hall–Kier alpha value is -0.780. The highest BCUT2D eigenvalue weighted by Gasteiger charge is 2.18. The summed E-state index contributed by atoms with van der Waals surface area (Å²) in [6, 6.07) is 0. The number of hydrogen-bond acceptors (Lipinski definition) is 0. The van der Waals surface area contributed by atoms with Crippen LogP contribution in [0.3, 0.4) is 0 Å². The second-order valence-corrected chi connectivity index (χ2v) is 6.77. The molecule has 0 radical (unpaired) electrons. The van der Waals surface area contributed by atoms with Crippen LogP contribution in [0.1, 0.15) is 55.4 Å². The minimum absolute atomic E-state index is 0.172. The van der Waals surface area contributed by atoms with Crippen LogP contribution in [-0.2, 0) is 0 Å². The van der Waals surface area contributed by atoms with Gasteiger partial charge >= 0.3 is 0 Å². The van der Waals surface area contributed by atoms with Crippen molar-refractivity contribution in [2.45, 2.75) is 55.4 Å². The molecule has 0 nitrogen and oxygen atoms in total. The van der Waals surface area contributed by atoms with Crippen LogP contribution in [0.5, 0.6) is 0 Å². The lowest BCUT2D eigenvalue weighted by molar-refractivity contribution is 0.489. The molecule has 0 fully saturated rings. The van der Waals surface area contributed by atoms with Crippen LogP contribution in [0.4, 0.5) is 0 Å². The summed E-state index contributed by atoms with van der Waals surface area (Å²) in [5.74, 6) is 0. The van der Waals surface area contributed by atoms with Crippen molar-refractivity contribution in [3.63, 3.8) is 0 Å². The SMILES string of the molecule is C=C(C)/C=C(\C=C(/C)C(C)(C)C)C(C)(C)C. The van der Waals surface area contributed by atoms with E-state index >= 15 is 0 Å². The van der Waals surface area contributed by atoms with Gasteiger partial charge in [-0.05, 0) is 30.3 Å². The average Bonchev–Trinajstić information content (AvgIpc) is 1.98. The van der Waals surface area contributed by atoms with Gasteiger partial charge in [0.1, 0.15) is 0 Å². The summed E-state index contributed by atoms with van der Waals surface area (Å²) in [5.41, 5.74) is 4.29. The maximum atomic E-state index is 3.97. The molecule has 0 unspecified atom stereocenters. The molecule has 0 amide bonds. The van der Waals surface area contributed by atoms with Crippen molar-refractivity contribution in [1.29, 1.82) is 0 Å². The van der Waals surface area contributed by atoms with E-state index in [1.54, 1.807) is 0 Å². The molecule has 0 aliphatic heterocycles. The van der Waals surface area contributed by atoms with Crippen LogP contribution in [0, 0.1) is 10.8 Å². The topological polar surface area (TPSA) is 0 Å². The van der Waals surface area contributed by atoms with Crippen molar-refractivity contribution >= 4 is 0 Å². The minimum Gasteiger partial charge on any atom is -0.0961 e. The molecule has 92 valence electrons. The zero-order valence-corrected chi connectivity index (χ0v) is 12.4. The van der Waals surface area contributed by atoms with Gasteiger partial charge in [0, 0.05) is 0 Å². The normalized spacial score (nSPS) is 15.2. The molecule has 0 aliphatic carbocycles.